The highest BCUT2D eigenvalue weighted by molar-refractivity contribution is 5.71. The molecule has 32 heavy (non-hydrogen) atoms. The molecule has 8 heteroatoms. The van der Waals surface area contributed by atoms with Gasteiger partial charge in [-0.1, -0.05) is 42.0 Å². The van der Waals surface area contributed by atoms with E-state index in [0.29, 0.717) is 17.8 Å². The van der Waals surface area contributed by atoms with Crippen molar-refractivity contribution in [2.24, 2.45) is 0 Å². The molecule has 0 saturated heterocycles. The summed E-state index contributed by atoms with van der Waals surface area (Å²) in [6.07, 6.45) is -0.773. The Hall–Kier alpha value is -3.65. The van der Waals surface area contributed by atoms with Crippen LogP contribution in [0.5, 0.6) is 0 Å². The van der Waals surface area contributed by atoms with Gasteiger partial charge in [0.15, 0.2) is 0 Å². The van der Waals surface area contributed by atoms with E-state index in [9.17, 15) is 23.1 Å². The monoisotopic (exact) mass is 441 g/mol. The zero-order chi connectivity index (χ0) is 23.3. The van der Waals surface area contributed by atoms with Gasteiger partial charge in [-0.15, -0.1) is 0 Å². The number of aliphatic hydroxyl groups excluding tert-OH is 1. The first-order valence-electron chi connectivity index (χ1n) is 9.78. The van der Waals surface area contributed by atoms with Crippen LogP contribution in [0.15, 0.2) is 73.1 Å². The number of nitrogens with zero attached hydrogens (tertiary/aromatic N) is 2. The number of amides is 1. The Bertz CT molecular complexity index is 1180. The van der Waals surface area contributed by atoms with Crippen molar-refractivity contribution in [1.82, 2.24) is 9.38 Å². The summed E-state index contributed by atoms with van der Waals surface area (Å²) in [5.74, 6) is 0. The molecule has 1 unspecified atom stereocenters. The van der Waals surface area contributed by atoms with Gasteiger partial charge in [0.05, 0.1) is 23.0 Å². The van der Waals surface area contributed by atoms with Gasteiger partial charge in [0.2, 0.25) is 6.41 Å². The van der Waals surface area contributed by atoms with Gasteiger partial charge < -0.3 is 14.8 Å². The number of rotatable bonds is 4. The van der Waals surface area contributed by atoms with Crippen LogP contribution in [0.25, 0.3) is 16.8 Å². The van der Waals surface area contributed by atoms with E-state index >= 15 is 0 Å². The van der Waals surface area contributed by atoms with E-state index < -0.39 is 17.8 Å². The first kappa shape index (κ1) is 23.0. The number of benzene rings is 2. The molecule has 0 saturated carbocycles. The molecule has 0 aliphatic heterocycles. The molecule has 1 amide bonds. The van der Waals surface area contributed by atoms with Gasteiger partial charge in [-0.3, -0.25) is 4.79 Å². The van der Waals surface area contributed by atoms with Crippen molar-refractivity contribution < 1.29 is 23.1 Å². The maximum Gasteiger partial charge on any atom is 0.416 e. The Morgan fingerprint density at radius 1 is 0.969 bits per heavy atom. The third-order valence-corrected chi connectivity index (χ3v) is 4.72. The molecular formula is C24H22F3N3O2. The van der Waals surface area contributed by atoms with Gasteiger partial charge in [0.1, 0.15) is 5.65 Å². The van der Waals surface area contributed by atoms with E-state index in [0.717, 1.165) is 34.5 Å². The van der Waals surface area contributed by atoms with Crippen LogP contribution in [0.4, 0.5) is 18.9 Å². The number of alkyl halides is 3. The first-order valence-corrected chi connectivity index (χ1v) is 9.78. The van der Waals surface area contributed by atoms with Gasteiger partial charge in [0.25, 0.3) is 0 Å². The fourth-order valence-corrected chi connectivity index (χ4v) is 2.96. The van der Waals surface area contributed by atoms with E-state index in [1.165, 1.54) is 12.1 Å². The molecule has 0 aliphatic rings. The number of aryl methyl sites for hydroxylation is 1. The van der Waals surface area contributed by atoms with Gasteiger partial charge in [0, 0.05) is 12.4 Å². The highest BCUT2D eigenvalue weighted by Gasteiger charge is 2.29. The lowest BCUT2D eigenvalue weighted by atomic mass is 10.0. The molecule has 5 nitrogen and oxygen atoms in total. The summed E-state index contributed by atoms with van der Waals surface area (Å²) in [4.78, 5) is 14.5. The number of carbonyl (C=O) groups is 1. The number of aromatic nitrogens is 2. The number of anilines is 1. The summed E-state index contributed by atoms with van der Waals surface area (Å²) in [7, 11) is 0. The lowest BCUT2D eigenvalue weighted by Gasteiger charge is -2.07. The predicted octanol–water partition coefficient (Wildman–Crippen LogP) is 5.64. The van der Waals surface area contributed by atoms with Crippen molar-refractivity contribution in [2.45, 2.75) is 26.1 Å². The van der Waals surface area contributed by atoms with Crippen LogP contribution >= 0.6 is 0 Å². The van der Waals surface area contributed by atoms with Crippen molar-refractivity contribution >= 4 is 17.7 Å². The van der Waals surface area contributed by atoms with E-state index in [1.807, 2.05) is 31.2 Å². The zero-order valence-corrected chi connectivity index (χ0v) is 17.5. The van der Waals surface area contributed by atoms with Gasteiger partial charge in [-0.25, -0.2) is 4.98 Å². The van der Waals surface area contributed by atoms with Crippen LogP contribution in [-0.4, -0.2) is 20.9 Å². The van der Waals surface area contributed by atoms with Crippen molar-refractivity contribution in [3.05, 3.63) is 89.9 Å². The molecular weight excluding hydrogens is 419 g/mol. The number of halogens is 3. The second-order valence-electron chi connectivity index (χ2n) is 7.23. The normalized spacial score (nSPS) is 12.1. The molecule has 0 aliphatic carbocycles. The van der Waals surface area contributed by atoms with Crippen molar-refractivity contribution in [3.8, 4) is 11.1 Å². The van der Waals surface area contributed by atoms with Gasteiger partial charge in [-0.2, -0.15) is 13.2 Å². The lowest BCUT2D eigenvalue weighted by molar-refractivity contribution is -0.137. The maximum atomic E-state index is 12.4. The molecule has 1 atom stereocenters. The zero-order valence-electron chi connectivity index (χ0n) is 17.5. The minimum absolute atomic E-state index is 0.590. The number of hydrogen-bond donors (Lipinski definition) is 2. The summed E-state index contributed by atoms with van der Waals surface area (Å²) >= 11 is 0. The number of aliphatic hydroxyl groups is 1. The number of hydrogen-bond acceptors (Lipinski definition) is 3. The van der Waals surface area contributed by atoms with E-state index in [-0.39, 0.29) is 0 Å². The van der Waals surface area contributed by atoms with Crippen LogP contribution in [0.3, 0.4) is 0 Å². The third-order valence-electron chi connectivity index (χ3n) is 4.72. The standard InChI is InChI=1S/C14H11F3.C10H11N3O2/c1-10-2-4-11(5-3-10)12-6-8-13(9-7-12)14(15,16)17;1-7(15)9-5-13-4-8(11-6-14)2-3-10(13)12-9/h2-9H,1H3;2-7,15H,1H3,(H,11,14). The average Bonchev–Trinajstić information content (AvgIpc) is 3.18. The Kier molecular flexibility index (Phi) is 6.95. The van der Waals surface area contributed by atoms with Crippen molar-refractivity contribution in [3.63, 3.8) is 0 Å². The molecule has 0 radical (unpaired) electrons. The first-order chi connectivity index (χ1) is 15.2. The molecule has 166 valence electrons. The average molecular weight is 441 g/mol. The number of carbonyl (C=O) groups excluding carboxylic acids is 1. The number of pyridine rings is 1. The highest BCUT2D eigenvalue weighted by atomic mass is 19.4. The Morgan fingerprint density at radius 3 is 2.09 bits per heavy atom. The molecule has 2 aromatic carbocycles. The van der Waals surface area contributed by atoms with Gasteiger partial charge >= 0.3 is 6.18 Å². The molecule has 4 aromatic rings. The fourth-order valence-electron chi connectivity index (χ4n) is 2.96. The predicted molar refractivity (Wildman–Crippen MR) is 117 cm³/mol. The summed E-state index contributed by atoms with van der Waals surface area (Å²) in [6, 6.07) is 16.4. The largest absolute Gasteiger partial charge is 0.416 e. The molecule has 0 fully saturated rings. The van der Waals surface area contributed by atoms with E-state index in [4.69, 9.17) is 0 Å². The van der Waals surface area contributed by atoms with E-state index in [1.54, 1.807) is 35.9 Å². The number of fused-ring (bicyclic) bond motifs is 1. The van der Waals surface area contributed by atoms with Crippen LogP contribution in [0, 0.1) is 6.92 Å². The quantitative estimate of drug-likeness (QED) is 0.403. The molecule has 0 spiro atoms. The highest BCUT2D eigenvalue weighted by Crippen LogP contribution is 2.31. The molecule has 2 aromatic heterocycles. The lowest BCUT2D eigenvalue weighted by Crippen LogP contribution is -2.03. The fraction of sp³-hybridized carbons (Fsp3) is 0.167. The summed E-state index contributed by atoms with van der Waals surface area (Å²) in [6.45, 7) is 3.63. The molecule has 2 N–H and O–H groups in total. The Balaban J connectivity index is 0.000000182. The summed E-state index contributed by atoms with van der Waals surface area (Å²) in [5.41, 5.74) is 4.25. The van der Waals surface area contributed by atoms with E-state index in [2.05, 4.69) is 10.3 Å². The summed E-state index contributed by atoms with van der Waals surface area (Å²) in [5, 5.41) is 11.9. The smallest absolute Gasteiger partial charge is 0.387 e. The second-order valence-corrected chi connectivity index (χ2v) is 7.23. The van der Waals surface area contributed by atoms with Crippen LogP contribution < -0.4 is 5.32 Å². The third kappa shape index (κ3) is 5.73. The van der Waals surface area contributed by atoms with Crippen LogP contribution in [-0.2, 0) is 11.0 Å². The minimum Gasteiger partial charge on any atom is -0.387 e. The second kappa shape index (κ2) is 9.65. The minimum atomic E-state index is -4.27. The Morgan fingerprint density at radius 2 is 1.56 bits per heavy atom. The topological polar surface area (TPSA) is 66.6 Å². The Labute approximate surface area is 183 Å². The summed E-state index contributed by atoms with van der Waals surface area (Å²) < 4.78 is 38.9. The molecule has 2 heterocycles. The van der Waals surface area contributed by atoms with Crippen molar-refractivity contribution in [1.29, 1.82) is 0 Å². The molecule has 4 rings (SSSR count). The number of imidazole rings is 1. The molecule has 0 bridgehead atoms. The van der Waals surface area contributed by atoms with Crippen LogP contribution in [0.2, 0.25) is 0 Å². The van der Waals surface area contributed by atoms with Gasteiger partial charge in [-0.05, 0) is 49.2 Å². The number of nitrogens with one attached hydrogen (secondary N) is 1. The SMILES string of the molecule is CC(O)c1cn2cc(NC=O)ccc2n1.Cc1ccc(-c2ccc(C(F)(F)F)cc2)cc1. The van der Waals surface area contributed by atoms with Crippen molar-refractivity contribution in [2.75, 3.05) is 5.32 Å². The van der Waals surface area contributed by atoms with Crippen LogP contribution in [0.1, 0.15) is 29.8 Å². The maximum absolute atomic E-state index is 12.4.